The van der Waals surface area contributed by atoms with E-state index in [9.17, 15) is 15.3 Å². The Morgan fingerprint density at radius 3 is 2.37 bits per heavy atom. The average Bonchev–Trinajstić information content (AvgIpc) is 2.44. The SMILES string of the molecule is OC[C@H]1OC(O)[C@H](OSC2CCCCC2)[C@@H](O)[C@H]1O. The largest absolute Gasteiger partial charge is 0.394 e. The van der Waals surface area contributed by atoms with Crippen LogP contribution in [-0.2, 0) is 8.92 Å². The van der Waals surface area contributed by atoms with Crippen LogP contribution in [0, 0.1) is 0 Å². The number of hydrogen-bond acceptors (Lipinski definition) is 7. The van der Waals surface area contributed by atoms with Crippen LogP contribution in [0.25, 0.3) is 0 Å². The standard InChI is InChI=1S/C12H22O6S/c13-6-8-9(14)10(15)11(12(16)17-8)18-19-7-4-2-1-3-5-7/h7-16H,1-6H2/t8-,9+,10+,11-,12?/m1/s1. The van der Waals surface area contributed by atoms with Crippen molar-refractivity contribution in [3.63, 3.8) is 0 Å². The van der Waals surface area contributed by atoms with Crippen molar-refractivity contribution >= 4 is 12.0 Å². The van der Waals surface area contributed by atoms with Crippen LogP contribution < -0.4 is 0 Å². The molecule has 6 nitrogen and oxygen atoms in total. The van der Waals surface area contributed by atoms with Gasteiger partial charge in [-0.2, -0.15) is 0 Å². The molecule has 2 aliphatic rings. The second-order valence-corrected chi connectivity index (χ2v) is 6.20. The molecule has 0 bridgehead atoms. The summed E-state index contributed by atoms with van der Waals surface area (Å²) in [4.78, 5) is 0. The van der Waals surface area contributed by atoms with Crippen LogP contribution in [0.15, 0.2) is 0 Å². The van der Waals surface area contributed by atoms with Crippen LogP contribution in [0.4, 0.5) is 0 Å². The van der Waals surface area contributed by atoms with E-state index in [0.717, 1.165) is 12.8 Å². The third-order valence-electron chi connectivity index (χ3n) is 3.70. The number of hydrogen-bond donors (Lipinski definition) is 4. The van der Waals surface area contributed by atoms with Crippen molar-refractivity contribution in [3.05, 3.63) is 0 Å². The molecule has 112 valence electrons. The molecule has 5 atom stereocenters. The second-order valence-electron chi connectivity index (χ2n) is 5.15. The van der Waals surface area contributed by atoms with Gasteiger partial charge in [-0.05, 0) is 24.9 Å². The maximum absolute atomic E-state index is 9.90. The molecule has 1 saturated heterocycles. The van der Waals surface area contributed by atoms with Crippen molar-refractivity contribution in [2.24, 2.45) is 0 Å². The van der Waals surface area contributed by atoms with Gasteiger partial charge in [0.05, 0.1) is 6.61 Å². The van der Waals surface area contributed by atoms with E-state index in [2.05, 4.69) is 0 Å². The van der Waals surface area contributed by atoms with Crippen molar-refractivity contribution in [1.82, 2.24) is 0 Å². The van der Waals surface area contributed by atoms with Gasteiger partial charge in [0.2, 0.25) is 0 Å². The molecule has 0 amide bonds. The highest BCUT2D eigenvalue weighted by molar-refractivity contribution is 7.95. The van der Waals surface area contributed by atoms with Gasteiger partial charge in [-0.1, -0.05) is 19.3 Å². The molecular formula is C12H22O6S. The number of rotatable bonds is 4. The Morgan fingerprint density at radius 2 is 1.74 bits per heavy atom. The first-order valence-electron chi connectivity index (χ1n) is 6.76. The van der Waals surface area contributed by atoms with Crippen LogP contribution in [-0.4, -0.2) is 63.0 Å². The van der Waals surface area contributed by atoms with Gasteiger partial charge >= 0.3 is 0 Å². The molecule has 7 heteroatoms. The van der Waals surface area contributed by atoms with E-state index in [0.29, 0.717) is 5.25 Å². The van der Waals surface area contributed by atoms with Gasteiger partial charge in [0.1, 0.15) is 18.3 Å². The zero-order valence-corrected chi connectivity index (χ0v) is 11.5. The third-order valence-corrected chi connectivity index (χ3v) is 4.77. The predicted molar refractivity (Wildman–Crippen MR) is 69.3 cm³/mol. The van der Waals surface area contributed by atoms with E-state index in [1.807, 2.05) is 0 Å². The molecule has 2 fully saturated rings. The molecule has 1 heterocycles. The fourth-order valence-electron chi connectivity index (χ4n) is 2.48. The molecular weight excluding hydrogens is 272 g/mol. The number of ether oxygens (including phenoxy) is 1. The van der Waals surface area contributed by atoms with Gasteiger partial charge in [0.25, 0.3) is 0 Å². The van der Waals surface area contributed by atoms with Gasteiger partial charge in [0.15, 0.2) is 12.4 Å². The lowest BCUT2D eigenvalue weighted by Crippen LogP contribution is -2.58. The Kier molecular flexibility index (Phi) is 5.88. The van der Waals surface area contributed by atoms with E-state index in [1.54, 1.807) is 0 Å². The zero-order chi connectivity index (χ0) is 13.8. The van der Waals surface area contributed by atoms with Crippen molar-refractivity contribution in [2.75, 3.05) is 6.61 Å². The summed E-state index contributed by atoms with van der Waals surface area (Å²) in [5, 5.41) is 38.7. The van der Waals surface area contributed by atoms with Crippen molar-refractivity contribution in [2.45, 2.75) is 68.1 Å². The lowest BCUT2D eigenvalue weighted by molar-refractivity contribution is -0.278. The van der Waals surface area contributed by atoms with Crippen LogP contribution in [0.2, 0.25) is 0 Å². The summed E-state index contributed by atoms with van der Waals surface area (Å²) in [6.07, 6.45) is -0.141. The summed E-state index contributed by atoms with van der Waals surface area (Å²) in [7, 11) is 0. The minimum Gasteiger partial charge on any atom is -0.394 e. The summed E-state index contributed by atoms with van der Waals surface area (Å²) in [6, 6.07) is 0. The van der Waals surface area contributed by atoms with Gasteiger partial charge < -0.3 is 29.3 Å². The highest BCUT2D eigenvalue weighted by atomic mass is 32.2. The first kappa shape index (κ1) is 15.5. The van der Waals surface area contributed by atoms with Crippen LogP contribution in [0.1, 0.15) is 32.1 Å². The molecule has 0 aromatic rings. The maximum atomic E-state index is 9.90. The van der Waals surface area contributed by atoms with E-state index in [1.165, 1.54) is 31.3 Å². The Bertz CT molecular complexity index is 273. The van der Waals surface area contributed by atoms with E-state index >= 15 is 0 Å². The Balaban J connectivity index is 1.84. The quantitative estimate of drug-likeness (QED) is 0.532. The number of aliphatic hydroxyl groups excluding tert-OH is 4. The third kappa shape index (κ3) is 3.81. The van der Waals surface area contributed by atoms with Crippen molar-refractivity contribution in [1.29, 1.82) is 0 Å². The topological polar surface area (TPSA) is 99.4 Å². The normalized spacial score (nSPS) is 41.4. The van der Waals surface area contributed by atoms with Crippen molar-refractivity contribution in [3.8, 4) is 0 Å². The lowest BCUT2D eigenvalue weighted by atomic mass is 9.99. The minimum atomic E-state index is -1.34. The van der Waals surface area contributed by atoms with Crippen molar-refractivity contribution < 1.29 is 29.3 Å². The fourth-order valence-corrected chi connectivity index (χ4v) is 3.50. The summed E-state index contributed by atoms with van der Waals surface area (Å²) in [6.45, 7) is -0.461. The molecule has 1 aliphatic heterocycles. The summed E-state index contributed by atoms with van der Waals surface area (Å²) >= 11 is 1.25. The monoisotopic (exact) mass is 294 g/mol. The summed E-state index contributed by atoms with van der Waals surface area (Å²) in [5.74, 6) is 0. The first-order chi connectivity index (χ1) is 9.13. The second kappa shape index (κ2) is 7.21. The minimum absolute atomic E-state index is 0.362. The van der Waals surface area contributed by atoms with E-state index < -0.39 is 37.3 Å². The molecule has 0 aromatic carbocycles. The molecule has 0 radical (unpaired) electrons. The molecule has 1 aliphatic carbocycles. The summed E-state index contributed by atoms with van der Waals surface area (Å²) < 4.78 is 10.5. The molecule has 4 N–H and O–H groups in total. The zero-order valence-electron chi connectivity index (χ0n) is 10.7. The Hall–Kier alpha value is 0.110. The van der Waals surface area contributed by atoms with Crippen LogP contribution in [0.5, 0.6) is 0 Å². The highest BCUT2D eigenvalue weighted by Crippen LogP contribution is 2.32. The summed E-state index contributed by atoms with van der Waals surface area (Å²) in [5.41, 5.74) is 0. The van der Waals surface area contributed by atoms with Gasteiger partial charge in [0, 0.05) is 5.25 Å². The predicted octanol–water partition coefficient (Wildman–Crippen LogP) is -0.216. The molecule has 0 aromatic heterocycles. The fraction of sp³-hybridized carbons (Fsp3) is 1.00. The Labute approximate surface area is 116 Å². The average molecular weight is 294 g/mol. The van der Waals surface area contributed by atoms with E-state index in [4.69, 9.17) is 14.0 Å². The molecule has 2 rings (SSSR count). The molecule has 19 heavy (non-hydrogen) atoms. The molecule has 1 saturated carbocycles. The molecule has 1 unspecified atom stereocenters. The lowest BCUT2D eigenvalue weighted by Gasteiger charge is -2.39. The first-order valence-corrected chi connectivity index (χ1v) is 7.56. The van der Waals surface area contributed by atoms with E-state index in [-0.39, 0.29) is 0 Å². The van der Waals surface area contributed by atoms with Gasteiger partial charge in [-0.25, -0.2) is 0 Å². The number of aliphatic hydroxyl groups is 4. The van der Waals surface area contributed by atoms with Gasteiger partial charge in [-0.15, -0.1) is 0 Å². The van der Waals surface area contributed by atoms with Crippen LogP contribution in [0.3, 0.4) is 0 Å². The smallest absolute Gasteiger partial charge is 0.185 e. The Morgan fingerprint density at radius 1 is 1.05 bits per heavy atom. The maximum Gasteiger partial charge on any atom is 0.185 e. The van der Waals surface area contributed by atoms with Crippen LogP contribution >= 0.6 is 12.0 Å². The molecule has 0 spiro atoms. The van der Waals surface area contributed by atoms with Gasteiger partial charge in [-0.3, -0.25) is 0 Å². The highest BCUT2D eigenvalue weighted by Gasteiger charge is 2.45.